The summed E-state index contributed by atoms with van der Waals surface area (Å²) in [5.74, 6) is -1.07. The van der Waals surface area contributed by atoms with Crippen LogP contribution in [0.1, 0.15) is 17.3 Å². The molecule has 0 aromatic carbocycles. The zero-order chi connectivity index (χ0) is 21.7. The van der Waals surface area contributed by atoms with Crippen LogP contribution in [0.2, 0.25) is 0 Å². The Balaban J connectivity index is 1.72. The van der Waals surface area contributed by atoms with Crippen molar-refractivity contribution >= 4 is 21.2 Å². The first-order valence-electron chi connectivity index (χ1n) is 8.58. The fourth-order valence-corrected chi connectivity index (χ4v) is 4.23. The fourth-order valence-electron chi connectivity index (χ4n) is 2.89. The van der Waals surface area contributed by atoms with Gasteiger partial charge in [0.2, 0.25) is 5.82 Å². The van der Waals surface area contributed by atoms with Crippen LogP contribution >= 0.6 is 0 Å². The predicted octanol–water partition coefficient (Wildman–Crippen LogP) is 3.37. The minimum Gasteiger partial charge on any atom is -0.340 e. The van der Waals surface area contributed by atoms with Crippen molar-refractivity contribution in [3.63, 3.8) is 0 Å². The molecule has 0 spiro atoms. The SMILES string of the molecule is Cc1nc2cc(-c3noc(C(F)(F)F)n3)ccn2c1N=S(C)(=O)Cc1cn(C)cn1. The summed E-state index contributed by atoms with van der Waals surface area (Å²) in [5.41, 5.74) is 1.87. The van der Waals surface area contributed by atoms with Crippen molar-refractivity contribution in [3.05, 3.63) is 48.1 Å². The van der Waals surface area contributed by atoms with Crippen LogP contribution in [0.3, 0.4) is 0 Å². The number of hydrogen-bond acceptors (Lipinski definition) is 7. The fraction of sp³-hybridized carbons (Fsp3) is 0.294. The summed E-state index contributed by atoms with van der Waals surface area (Å²) in [5, 5.41) is 3.38. The van der Waals surface area contributed by atoms with Gasteiger partial charge in [-0.25, -0.2) is 14.2 Å². The van der Waals surface area contributed by atoms with Crippen molar-refractivity contribution in [2.45, 2.75) is 18.9 Å². The molecule has 158 valence electrons. The standard InChI is InChI=1S/C17H16F3N7O2S/c1-10-15(25-30(3,28)8-12-7-26(2)9-21-12)27-5-4-11(6-13(27)22-10)14-23-16(29-24-14)17(18,19)20/h4-7,9H,8H2,1-3H3. The molecular formula is C17H16F3N7O2S. The molecule has 4 aromatic heterocycles. The smallest absolute Gasteiger partial charge is 0.340 e. The topological polar surface area (TPSA) is 103 Å². The average Bonchev–Trinajstić information content (AvgIpc) is 3.34. The van der Waals surface area contributed by atoms with E-state index in [9.17, 15) is 17.4 Å². The van der Waals surface area contributed by atoms with Gasteiger partial charge in [-0.05, 0) is 19.1 Å². The maximum atomic E-state index is 13.0. The van der Waals surface area contributed by atoms with E-state index in [2.05, 4.69) is 29.0 Å². The number of pyridine rings is 1. The predicted molar refractivity (Wildman–Crippen MR) is 101 cm³/mol. The van der Waals surface area contributed by atoms with Gasteiger partial charge < -0.3 is 9.09 Å². The van der Waals surface area contributed by atoms with Crippen LogP contribution < -0.4 is 0 Å². The van der Waals surface area contributed by atoms with E-state index in [1.54, 1.807) is 34.6 Å². The van der Waals surface area contributed by atoms with Gasteiger partial charge in [0, 0.05) is 31.3 Å². The zero-order valence-corrected chi connectivity index (χ0v) is 16.9. The lowest BCUT2D eigenvalue weighted by molar-refractivity contribution is -0.159. The van der Waals surface area contributed by atoms with Crippen LogP contribution in [-0.2, 0) is 28.7 Å². The number of halogens is 3. The summed E-state index contributed by atoms with van der Waals surface area (Å²) in [4.78, 5) is 11.9. The highest BCUT2D eigenvalue weighted by Crippen LogP contribution is 2.30. The van der Waals surface area contributed by atoms with Crippen molar-refractivity contribution in [1.82, 2.24) is 29.1 Å². The molecule has 4 aromatic rings. The van der Waals surface area contributed by atoms with Gasteiger partial charge in [-0.15, -0.1) is 0 Å². The molecule has 0 N–H and O–H groups in total. The Morgan fingerprint density at radius 1 is 1.30 bits per heavy atom. The van der Waals surface area contributed by atoms with Gasteiger partial charge in [-0.1, -0.05) is 5.16 Å². The number of imidazole rings is 2. The maximum absolute atomic E-state index is 13.0. The van der Waals surface area contributed by atoms with Gasteiger partial charge in [-0.2, -0.15) is 22.5 Å². The van der Waals surface area contributed by atoms with E-state index in [4.69, 9.17) is 0 Å². The van der Waals surface area contributed by atoms with Crippen molar-refractivity contribution in [3.8, 4) is 11.4 Å². The molecule has 13 heteroatoms. The molecule has 0 aliphatic heterocycles. The van der Waals surface area contributed by atoms with Gasteiger partial charge in [0.1, 0.15) is 5.65 Å². The third-order valence-electron chi connectivity index (χ3n) is 4.15. The first-order chi connectivity index (χ1) is 14.0. The Kier molecular flexibility index (Phi) is 4.64. The van der Waals surface area contributed by atoms with Crippen molar-refractivity contribution in [2.24, 2.45) is 11.4 Å². The van der Waals surface area contributed by atoms with Gasteiger partial charge in [-0.3, -0.25) is 4.40 Å². The second-order valence-electron chi connectivity index (χ2n) is 6.81. The van der Waals surface area contributed by atoms with Gasteiger partial charge in [0.05, 0.1) is 33.2 Å². The monoisotopic (exact) mass is 439 g/mol. The number of nitrogens with zero attached hydrogens (tertiary/aromatic N) is 7. The summed E-state index contributed by atoms with van der Waals surface area (Å²) < 4.78 is 63.1. The second-order valence-corrected chi connectivity index (χ2v) is 9.20. The molecule has 1 atom stereocenters. The van der Waals surface area contributed by atoms with Crippen LogP contribution in [0.5, 0.6) is 0 Å². The summed E-state index contributed by atoms with van der Waals surface area (Å²) in [7, 11) is -0.842. The molecule has 0 saturated heterocycles. The minimum absolute atomic E-state index is 0.168. The highest BCUT2D eigenvalue weighted by molar-refractivity contribution is 7.92. The van der Waals surface area contributed by atoms with Crippen molar-refractivity contribution in [1.29, 1.82) is 0 Å². The molecule has 0 aliphatic carbocycles. The Morgan fingerprint density at radius 2 is 2.07 bits per heavy atom. The number of aryl methyl sites for hydroxylation is 2. The molecular weight excluding hydrogens is 423 g/mol. The Morgan fingerprint density at radius 3 is 2.70 bits per heavy atom. The quantitative estimate of drug-likeness (QED) is 0.483. The Hall–Kier alpha value is -3.22. The minimum atomic E-state index is -4.72. The van der Waals surface area contributed by atoms with Crippen LogP contribution in [-0.4, -0.2) is 39.5 Å². The highest BCUT2D eigenvalue weighted by atomic mass is 32.2. The highest BCUT2D eigenvalue weighted by Gasteiger charge is 2.38. The summed E-state index contributed by atoms with van der Waals surface area (Å²) in [6, 6.07) is 3.02. The molecule has 9 nitrogen and oxygen atoms in total. The van der Waals surface area contributed by atoms with Gasteiger partial charge >= 0.3 is 12.1 Å². The Bertz CT molecular complexity index is 1360. The number of fused-ring (bicyclic) bond motifs is 1. The molecule has 0 radical (unpaired) electrons. The van der Waals surface area contributed by atoms with Crippen molar-refractivity contribution in [2.75, 3.05) is 6.26 Å². The first kappa shape index (κ1) is 20.1. The summed E-state index contributed by atoms with van der Waals surface area (Å²) in [6.07, 6.45) is 1.76. The van der Waals surface area contributed by atoms with E-state index in [0.29, 0.717) is 28.4 Å². The lowest BCUT2D eigenvalue weighted by Gasteiger charge is -2.04. The Labute approximate surface area is 168 Å². The molecule has 30 heavy (non-hydrogen) atoms. The first-order valence-corrected chi connectivity index (χ1v) is 10.7. The van der Waals surface area contributed by atoms with E-state index < -0.39 is 21.8 Å². The van der Waals surface area contributed by atoms with E-state index in [1.807, 2.05) is 7.05 Å². The zero-order valence-electron chi connectivity index (χ0n) is 16.1. The van der Waals surface area contributed by atoms with Gasteiger partial charge in [0.25, 0.3) is 0 Å². The van der Waals surface area contributed by atoms with Crippen molar-refractivity contribution < 1.29 is 21.9 Å². The molecule has 4 heterocycles. The number of aromatic nitrogens is 6. The molecule has 0 amide bonds. The second kappa shape index (κ2) is 6.93. The third kappa shape index (κ3) is 3.92. The molecule has 1 unspecified atom stereocenters. The molecule has 0 fully saturated rings. The number of rotatable bonds is 4. The largest absolute Gasteiger partial charge is 0.471 e. The van der Waals surface area contributed by atoms with E-state index in [1.165, 1.54) is 18.4 Å². The van der Waals surface area contributed by atoms with Crippen LogP contribution in [0.4, 0.5) is 19.0 Å². The molecule has 0 bridgehead atoms. The lowest BCUT2D eigenvalue weighted by atomic mass is 10.2. The van der Waals surface area contributed by atoms with Crippen LogP contribution in [0, 0.1) is 6.92 Å². The van der Waals surface area contributed by atoms with Crippen LogP contribution in [0.15, 0.2) is 39.7 Å². The lowest BCUT2D eigenvalue weighted by Crippen LogP contribution is -2.04. The van der Waals surface area contributed by atoms with Crippen LogP contribution in [0.25, 0.3) is 17.0 Å². The average molecular weight is 439 g/mol. The normalized spacial score (nSPS) is 14.2. The number of alkyl halides is 3. The summed E-state index contributed by atoms with van der Waals surface area (Å²) in [6.45, 7) is 1.71. The van der Waals surface area contributed by atoms with Gasteiger partial charge in [0.15, 0.2) is 5.82 Å². The third-order valence-corrected chi connectivity index (χ3v) is 5.54. The van der Waals surface area contributed by atoms with E-state index in [-0.39, 0.29) is 11.6 Å². The van der Waals surface area contributed by atoms with E-state index in [0.717, 1.165) is 0 Å². The maximum Gasteiger partial charge on any atom is 0.471 e. The summed E-state index contributed by atoms with van der Waals surface area (Å²) >= 11 is 0. The van der Waals surface area contributed by atoms with E-state index >= 15 is 0 Å². The molecule has 4 rings (SSSR count). The number of hydrogen-bond donors (Lipinski definition) is 0. The molecule has 0 aliphatic rings. The molecule has 0 saturated carbocycles.